The van der Waals surface area contributed by atoms with Crippen LogP contribution < -0.4 is 10.2 Å². The molecule has 1 aliphatic heterocycles. The number of anilines is 2. The van der Waals surface area contributed by atoms with Gasteiger partial charge >= 0.3 is 12.0 Å². The molecular weight excluding hydrogens is 270 g/mol. The van der Waals surface area contributed by atoms with Gasteiger partial charge in [0.1, 0.15) is 0 Å². The van der Waals surface area contributed by atoms with Crippen molar-refractivity contribution in [1.82, 2.24) is 4.90 Å². The summed E-state index contributed by atoms with van der Waals surface area (Å²) in [6, 6.07) is 7.12. The molecule has 1 heterocycles. The number of carboxylic acid groups (broad SMARTS) is 1. The predicted octanol–water partition coefficient (Wildman–Crippen LogP) is 2.22. The maximum Gasteiger partial charge on any atom is 0.322 e. The molecule has 0 aliphatic carbocycles. The number of nitrogens with one attached hydrogen (secondary N) is 1. The van der Waals surface area contributed by atoms with Gasteiger partial charge in [-0.05, 0) is 31.0 Å². The van der Waals surface area contributed by atoms with Crippen molar-refractivity contribution in [3.8, 4) is 0 Å². The number of carbonyl (C=O) groups excluding carboxylic acids is 1. The van der Waals surface area contributed by atoms with Gasteiger partial charge in [-0.25, -0.2) is 4.79 Å². The van der Waals surface area contributed by atoms with Crippen LogP contribution in [-0.4, -0.2) is 48.7 Å². The molecule has 0 radical (unpaired) electrons. The summed E-state index contributed by atoms with van der Waals surface area (Å²) in [5.41, 5.74) is 1.71. The van der Waals surface area contributed by atoms with Crippen LogP contribution >= 0.6 is 0 Å². The van der Waals surface area contributed by atoms with Crippen LogP contribution in [0.25, 0.3) is 0 Å². The molecule has 1 aromatic rings. The number of benzene rings is 1. The molecule has 21 heavy (non-hydrogen) atoms. The number of likely N-dealkylation sites (tertiary alicyclic amines) is 1. The molecule has 6 heteroatoms. The second-order valence-corrected chi connectivity index (χ2v) is 5.46. The zero-order chi connectivity index (χ0) is 15.4. The Labute approximate surface area is 124 Å². The summed E-state index contributed by atoms with van der Waals surface area (Å²) >= 11 is 0. The Hall–Kier alpha value is -2.24. The summed E-state index contributed by atoms with van der Waals surface area (Å²) < 4.78 is 0. The van der Waals surface area contributed by atoms with Gasteiger partial charge in [0.25, 0.3) is 0 Å². The van der Waals surface area contributed by atoms with Crippen molar-refractivity contribution in [2.75, 3.05) is 30.9 Å². The number of hydrogen-bond donors (Lipinski definition) is 2. The quantitative estimate of drug-likeness (QED) is 0.892. The highest BCUT2D eigenvalue weighted by Gasteiger charge is 2.30. The minimum atomic E-state index is -0.866. The van der Waals surface area contributed by atoms with Gasteiger partial charge in [-0.2, -0.15) is 0 Å². The Balaban J connectivity index is 2.03. The Kier molecular flexibility index (Phi) is 4.67. The fourth-order valence-electron chi connectivity index (χ4n) is 2.57. The summed E-state index contributed by atoms with van der Waals surface area (Å²) in [4.78, 5) is 26.7. The number of carboxylic acids is 1. The van der Waals surface area contributed by atoms with E-state index in [1.54, 1.807) is 4.90 Å². The van der Waals surface area contributed by atoms with Gasteiger partial charge in [0.05, 0.1) is 6.42 Å². The van der Waals surface area contributed by atoms with Crippen LogP contribution in [0.3, 0.4) is 0 Å². The van der Waals surface area contributed by atoms with Crippen LogP contribution in [0.4, 0.5) is 16.2 Å². The van der Waals surface area contributed by atoms with E-state index in [9.17, 15) is 9.59 Å². The SMILES string of the molecule is CN(C)c1cccc(NC(=O)N2CCCC2CC(=O)O)c1. The minimum Gasteiger partial charge on any atom is -0.481 e. The minimum absolute atomic E-state index is 0.00512. The Bertz CT molecular complexity index is 531. The van der Waals surface area contributed by atoms with E-state index in [1.807, 2.05) is 43.3 Å². The lowest BCUT2D eigenvalue weighted by molar-refractivity contribution is -0.137. The first-order chi connectivity index (χ1) is 9.97. The maximum absolute atomic E-state index is 12.3. The summed E-state index contributed by atoms with van der Waals surface area (Å²) in [6.45, 7) is 0.608. The molecule has 114 valence electrons. The lowest BCUT2D eigenvalue weighted by Crippen LogP contribution is -2.39. The van der Waals surface area contributed by atoms with Gasteiger partial charge in [-0.1, -0.05) is 6.07 Å². The summed E-state index contributed by atoms with van der Waals surface area (Å²) in [6.07, 6.45) is 1.60. The molecule has 1 aliphatic rings. The molecule has 2 amide bonds. The number of rotatable bonds is 4. The van der Waals surface area contributed by atoms with Gasteiger partial charge in [0, 0.05) is 38.1 Å². The third-order valence-electron chi connectivity index (χ3n) is 3.66. The van der Waals surface area contributed by atoms with Crippen molar-refractivity contribution in [1.29, 1.82) is 0 Å². The summed E-state index contributed by atoms with van der Waals surface area (Å²) in [5, 5.41) is 11.7. The third kappa shape index (κ3) is 3.87. The van der Waals surface area contributed by atoms with E-state index >= 15 is 0 Å². The van der Waals surface area contributed by atoms with Gasteiger partial charge in [-0.15, -0.1) is 0 Å². The molecule has 0 aromatic heterocycles. The molecule has 1 aromatic carbocycles. The lowest BCUT2D eigenvalue weighted by Gasteiger charge is -2.24. The Morgan fingerprint density at radius 3 is 2.86 bits per heavy atom. The van der Waals surface area contributed by atoms with Crippen molar-refractivity contribution < 1.29 is 14.7 Å². The highest BCUT2D eigenvalue weighted by Crippen LogP contribution is 2.23. The fraction of sp³-hybridized carbons (Fsp3) is 0.467. The van der Waals surface area contributed by atoms with Crippen LogP contribution in [0.5, 0.6) is 0 Å². The second-order valence-electron chi connectivity index (χ2n) is 5.46. The molecule has 0 bridgehead atoms. The van der Waals surface area contributed by atoms with E-state index in [0.29, 0.717) is 12.2 Å². The average molecular weight is 291 g/mol. The zero-order valence-corrected chi connectivity index (χ0v) is 12.4. The van der Waals surface area contributed by atoms with Crippen LogP contribution in [0, 0.1) is 0 Å². The average Bonchev–Trinajstić information content (AvgIpc) is 2.86. The molecular formula is C15H21N3O3. The zero-order valence-electron chi connectivity index (χ0n) is 12.4. The summed E-state index contributed by atoms with van der Waals surface area (Å²) in [7, 11) is 3.87. The molecule has 2 rings (SSSR count). The van der Waals surface area contributed by atoms with Crippen molar-refractivity contribution >= 4 is 23.4 Å². The first-order valence-corrected chi connectivity index (χ1v) is 7.04. The number of amides is 2. The van der Waals surface area contributed by atoms with E-state index in [2.05, 4.69) is 5.32 Å². The van der Waals surface area contributed by atoms with Gasteiger partial charge in [-0.3, -0.25) is 4.79 Å². The second kappa shape index (κ2) is 6.47. The topological polar surface area (TPSA) is 72.9 Å². The number of hydrogen-bond acceptors (Lipinski definition) is 3. The normalized spacial score (nSPS) is 17.6. The van der Waals surface area contributed by atoms with Crippen LogP contribution in [0.1, 0.15) is 19.3 Å². The van der Waals surface area contributed by atoms with Crippen molar-refractivity contribution in [2.45, 2.75) is 25.3 Å². The predicted molar refractivity (Wildman–Crippen MR) is 81.8 cm³/mol. The first kappa shape index (κ1) is 15.2. The van der Waals surface area contributed by atoms with Crippen molar-refractivity contribution in [3.05, 3.63) is 24.3 Å². The highest BCUT2D eigenvalue weighted by molar-refractivity contribution is 5.90. The molecule has 1 saturated heterocycles. The molecule has 6 nitrogen and oxygen atoms in total. The molecule has 0 saturated carbocycles. The highest BCUT2D eigenvalue weighted by atomic mass is 16.4. The summed E-state index contributed by atoms with van der Waals surface area (Å²) in [5.74, 6) is -0.866. The molecule has 2 N–H and O–H groups in total. The molecule has 1 atom stereocenters. The van der Waals surface area contributed by atoms with E-state index in [1.165, 1.54) is 0 Å². The molecule has 0 spiro atoms. The van der Waals surface area contributed by atoms with Crippen molar-refractivity contribution in [2.24, 2.45) is 0 Å². The Morgan fingerprint density at radius 1 is 1.43 bits per heavy atom. The largest absolute Gasteiger partial charge is 0.481 e. The first-order valence-electron chi connectivity index (χ1n) is 7.04. The van der Waals surface area contributed by atoms with E-state index < -0.39 is 5.97 Å². The monoisotopic (exact) mass is 291 g/mol. The van der Waals surface area contributed by atoms with Gasteiger partial charge in [0.2, 0.25) is 0 Å². The number of carbonyl (C=O) groups is 2. The van der Waals surface area contributed by atoms with Crippen LogP contribution in [0.15, 0.2) is 24.3 Å². The van der Waals surface area contributed by atoms with Crippen molar-refractivity contribution in [3.63, 3.8) is 0 Å². The van der Waals surface area contributed by atoms with Gasteiger partial charge < -0.3 is 20.2 Å². The standard InChI is InChI=1S/C15H21N3O3/c1-17(2)12-6-3-5-11(9-12)16-15(21)18-8-4-7-13(18)10-14(19)20/h3,5-6,9,13H,4,7-8,10H2,1-2H3,(H,16,21)(H,19,20). The number of urea groups is 1. The lowest BCUT2D eigenvalue weighted by atomic mass is 10.1. The Morgan fingerprint density at radius 2 is 2.19 bits per heavy atom. The van der Waals surface area contributed by atoms with Gasteiger partial charge in [0.15, 0.2) is 0 Å². The van der Waals surface area contributed by atoms with E-state index in [-0.39, 0.29) is 18.5 Å². The maximum atomic E-state index is 12.3. The molecule has 1 fully saturated rings. The molecule has 1 unspecified atom stereocenters. The smallest absolute Gasteiger partial charge is 0.322 e. The van der Waals surface area contributed by atoms with Crippen LogP contribution in [-0.2, 0) is 4.79 Å². The van der Waals surface area contributed by atoms with E-state index in [0.717, 1.165) is 18.5 Å². The third-order valence-corrected chi connectivity index (χ3v) is 3.66. The fourth-order valence-corrected chi connectivity index (χ4v) is 2.57. The van der Waals surface area contributed by atoms with Crippen LogP contribution in [0.2, 0.25) is 0 Å². The number of nitrogens with zero attached hydrogens (tertiary/aromatic N) is 2. The number of aliphatic carboxylic acids is 1. The van der Waals surface area contributed by atoms with E-state index in [4.69, 9.17) is 5.11 Å².